The monoisotopic (exact) mass is 421 g/mol. The van der Waals surface area contributed by atoms with Crippen molar-refractivity contribution in [2.75, 3.05) is 11.9 Å². The second-order valence-electron chi connectivity index (χ2n) is 7.51. The van der Waals surface area contributed by atoms with Crippen molar-refractivity contribution in [1.29, 1.82) is 0 Å². The molecule has 30 heavy (non-hydrogen) atoms. The van der Waals surface area contributed by atoms with E-state index in [1.54, 1.807) is 23.5 Å². The number of fused-ring (bicyclic) bond motifs is 3. The lowest BCUT2D eigenvalue weighted by Gasteiger charge is -2.26. The van der Waals surface area contributed by atoms with Gasteiger partial charge in [0.15, 0.2) is 5.82 Å². The molecule has 4 aromatic rings. The number of aryl methyl sites for hydroxylation is 2. The van der Waals surface area contributed by atoms with Crippen LogP contribution in [0.4, 0.5) is 14.9 Å². The quantitative estimate of drug-likeness (QED) is 0.506. The molecule has 0 bridgehead atoms. The first-order chi connectivity index (χ1) is 14.5. The van der Waals surface area contributed by atoms with Crippen LogP contribution in [0.5, 0.6) is 0 Å². The van der Waals surface area contributed by atoms with Crippen LogP contribution in [-0.4, -0.2) is 32.1 Å². The van der Waals surface area contributed by atoms with Crippen molar-refractivity contribution >= 4 is 28.0 Å². The maximum absolute atomic E-state index is 13.2. The van der Waals surface area contributed by atoms with Gasteiger partial charge in [-0.25, -0.2) is 13.7 Å². The zero-order valence-corrected chi connectivity index (χ0v) is 17.5. The fourth-order valence-electron chi connectivity index (χ4n) is 3.61. The summed E-state index contributed by atoms with van der Waals surface area (Å²) in [5.41, 5.74) is 5.03. The third kappa shape index (κ3) is 3.33. The summed E-state index contributed by atoms with van der Waals surface area (Å²) in [6, 6.07) is 12.0. The topological polar surface area (TPSA) is 62.5 Å². The fraction of sp³-hybridized carbons (Fsp3) is 0.227. The summed E-state index contributed by atoms with van der Waals surface area (Å²) in [5, 5.41) is 7.61. The van der Waals surface area contributed by atoms with E-state index in [1.807, 2.05) is 34.5 Å². The summed E-state index contributed by atoms with van der Waals surface area (Å²) >= 11 is 1.54. The molecule has 8 heteroatoms. The molecule has 0 aliphatic carbocycles. The van der Waals surface area contributed by atoms with E-state index >= 15 is 0 Å². The average Bonchev–Trinajstić information content (AvgIpc) is 3.28. The summed E-state index contributed by atoms with van der Waals surface area (Å²) in [7, 11) is 0. The molecule has 0 atom stereocenters. The number of nitrogens with zero attached hydrogens (tertiary/aromatic N) is 4. The van der Waals surface area contributed by atoms with Gasteiger partial charge >= 0.3 is 6.03 Å². The lowest BCUT2D eigenvalue weighted by Crippen LogP contribution is -2.38. The average molecular weight is 422 g/mol. The standard InChI is InChI=1S/C22H20FN5OS/c1-13-3-8-17(11-14(13)2)24-21(29)27-10-9-18-19(12-27)30-22-25-20(26-28(18)22)15-4-6-16(23)7-5-15/h3-8,11H,9-10,12H2,1-2H3,(H,24,29). The number of rotatable bonds is 2. The highest BCUT2D eigenvalue weighted by molar-refractivity contribution is 7.17. The van der Waals surface area contributed by atoms with Crippen LogP contribution in [0.25, 0.3) is 16.3 Å². The molecule has 2 aromatic heterocycles. The van der Waals surface area contributed by atoms with Crippen molar-refractivity contribution in [2.24, 2.45) is 0 Å². The molecule has 0 saturated carbocycles. The van der Waals surface area contributed by atoms with Gasteiger partial charge in [-0.05, 0) is 61.4 Å². The number of hydrogen-bond acceptors (Lipinski definition) is 4. The van der Waals surface area contributed by atoms with Crippen LogP contribution in [0, 0.1) is 19.7 Å². The number of urea groups is 1. The predicted octanol–water partition coefficient (Wildman–Crippen LogP) is 4.80. The minimum Gasteiger partial charge on any atom is -0.319 e. The maximum atomic E-state index is 13.2. The Labute approximate surface area is 177 Å². The molecule has 2 aromatic carbocycles. The lowest BCUT2D eigenvalue weighted by atomic mass is 10.1. The van der Waals surface area contributed by atoms with E-state index < -0.39 is 0 Å². The first-order valence-corrected chi connectivity index (χ1v) is 10.6. The van der Waals surface area contributed by atoms with Crippen LogP contribution < -0.4 is 5.32 Å². The molecule has 3 heterocycles. The van der Waals surface area contributed by atoms with Gasteiger partial charge in [-0.3, -0.25) is 0 Å². The second-order valence-corrected chi connectivity index (χ2v) is 8.57. The fourth-order valence-corrected chi connectivity index (χ4v) is 4.72. The Morgan fingerprint density at radius 1 is 1.13 bits per heavy atom. The van der Waals surface area contributed by atoms with Crippen molar-refractivity contribution in [3.8, 4) is 11.4 Å². The molecular formula is C22H20FN5OS. The summed E-state index contributed by atoms with van der Waals surface area (Å²) < 4.78 is 15.0. The molecule has 0 spiro atoms. The van der Waals surface area contributed by atoms with Crippen LogP contribution >= 0.6 is 11.3 Å². The Kier molecular flexibility index (Phi) is 4.51. The highest BCUT2D eigenvalue weighted by atomic mass is 32.1. The maximum Gasteiger partial charge on any atom is 0.322 e. The van der Waals surface area contributed by atoms with Crippen molar-refractivity contribution in [1.82, 2.24) is 19.5 Å². The Bertz CT molecular complexity index is 1260. The third-order valence-corrected chi connectivity index (χ3v) is 6.53. The molecule has 0 saturated heterocycles. The van der Waals surface area contributed by atoms with Crippen molar-refractivity contribution < 1.29 is 9.18 Å². The van der Waals surface area contributed by atoms with Crippen molar-refractivity contribution in [3.63, 3.8) is 0 Å². The molecule has 5 rings (SSSR count). The Morgan fingerprint density at radius 3 is 2.70 bits per heavy atom. The molecular weight excluding hydrogens is 401 g/mol. The van der Waals surface area contributed by atoms with Crippen LogP contribution in [0.1, 0.15) is 21.7 Å². The van der Waals surface area contributed by atoms with Crippen LogP contribution in [0.3, 0.4) is 0 Å². The second kappa shape index (κ2) is 7.21. The Morgan fingerprint density at radius 2 is 1.93 bits per heavy atom. The summed E-state index contributed by atoms with van der Waals surface area (Å²) in [5.74, 6) is 0.301. The van der Waals surface area contributed by atoms with Gasteiger partial charge < -0.3 is 10.2 Å². The van der Waals surface area contributed by atoms with Crippen molar-refractivity contribution in [2.45, 2.75) is 26.8 Å². The summed E-state index contributed by atoms with van der Waals surface area (Å²) in [4.78, 5) is 21.0. The first kappa shape index (κ1) is 18.7. The van der Waals surface area contributed by atoms with Gasteiger partial charge in [0, 0.05) is 29.1 Å². The third-order valence-electron chi connectivity index (χ3n) is 5.47. The molecule has 0 unspecified atom stereocenters. The number of benzene rings is 2. The van der Waals surface area contributed by atoms with Gasteiger partial charge in [0.05, 0.1) is 12.2 Å². The van der Waals surface area contributed by atoms with Gasteiger partial charge in [0.2, 0.25) is 4.96 Å². The molecule has 1 aliphatic rings. The van der Waals surface area contributed by atoms with E-state index in [0.29, 0.717) is 25.3 Å². The molecule has 6 nitrogen and oxygen atoms in total. The predicted molar refractivity (Wildman–Crippen MR) is 115 cm³/mol. The van der Waals surface area contributed by atoms with E-state index in [2.05, 4.69) is 22.3 Å². The van der Waals surface area contributed by atoms with E-state index in [9.17, 15) is 9.18 Å². The number of anilines is 1. The Balaban J connectivity index is 1.35. The van der Waals surface area contributed by atoms with E-state index in [-0.39, 0.29) is 11.8 Å². The van der Waals surface area contributed by atoms with Crippen LogP contribution in [0.2, 0.25) is 0 Å². The summed E-state index contributed by atoms with van der Waals surface area (Å²) in [6.45, 7) is 5.23. The number of thiazole rings is 1. The number of nitrogens with one attached hydrogen (secondary N) is 1. The first-order valence-electron chi connectivity index (χ1n) is 9.74. The number of hydrogen-bond donors (Lipinski definition) is 1. The van der Waals surface area contributed by atoms with Crippen molar-refractivity contribution in [3.05, 3.63) is 70.0 Å². The van der Waals surface area contributed by atoms with Gasteiger partial charge in [0.1, 0.15) is 5.82 Å². The zero-order valence-electron chi connectivity index (χ0n) is 16.6. The molecule has 1 aliphatic heterocycles. The van der Waals surface area contributed by atoms with Gasteiger partial charge in [0.25, 0.3) is 0 Å². The zero-order chi connectivity index (χ0) is 20.8. The van der Waals surface area contributed by atoms with Crippen LogP contribution in [0.15, 0.2) is 42.5 Å². The number of aromatic nitrogens is 3. The number of amides is 2. The van der Waals surface area contributed by atoms with E-state index in [1.165, 1.54) is 17.7 Å². The smallest absolute Gasteiger partial charge is 0.319 e. The van der Waals surface area contributed by atoms with Crippen LogP contribution in [-0.2, 0) is 13.0 Å². The largest absolute Gasteiger partial charge is 0.322 e. The minimum atomic E-state index is -0.281. The van der Waals surface area contributed by atoms with Gasteiger partial charge in [-0.2, -0.15) is 4.98 Å². The molecule has 0 fully saturated rings. The molecule has 1 N–H and O–H groups in total. The van der Waals surface area contributed by atoms with Gasteiger partial charge in [-0.1, -0.05) is 17.4 Å². The number of carbonyl (C=O) groups excluding carboxylic acids is 1. The van der Waals surface area contributed by atoms with E-state index in [4.69, 9.17) is 0 Å². The summed E-state index contributed by atoms with van der Waals surface area (Å²) in [6.07, 6.45) is 0.710. The number of halogens is 1. The van der Waals surface area contributed by atoms with E-state index in [0.717, 1.165) is 32.3 Å². The molecule has 152 valence electrons. The minimum absolute atomic E-state index is 0.102. The highest BCUT2D eigenvalue weighted by Crippen LogP contribution is 2.30. The lowest BCUT2D eigenvalue weighted by molar-refractivity contribution is 0.206. The molecule has 0 radical (unpaired) electrons. The normalized spacial score (nSPS) is 13.5. The SMILES string of the molecule is Cc1ccc(NC(=O)N2CCc3c(sc4nc(-c5ccc(F)cc5)nn34)C2)cc1C. The Hall–Kier alpha value is -3.26. The van der Waals surface area contributed by atoms with Gasteiger partial charge in [-0.15, -0.1) is 5.10 Å². The molecule has 2 amide bonds. The highest BCUT2D eigenvalue weighted by Gasteiger charge is 2.26. The number of carbonyl (C=O) groups is 1.